The molecule has 1 aliphatic heterocycles. The second-order valence-electron chi connectivity index (χ2n) is 10.3. The van der Waals surface area contributed by atoms with Crippen molar-refractivity contribution in [1.29, 1.82) is 0 Å². The lowest BCUT2D eigenvalue weighted by atomic mass is 10.0. The van der Waals surface area contributed by atoms with Gasteiger partial charge in [-0.2, -0.15) is 15.2 Å². The number of hydrogen-bond acceptors (Lipinski definition) is 5. The Kier molecular flexibility index (Phi) is 8.96. The van der Waals surface area contributed by atoms with Crippen molar-refractivity contribution < 1.29 is 9.53 Å². The first-order valence-corrected chi connectivity index (χ1v) is 15.8. The van der Waals surface area contributed by atoms with Crippen molar-refractivity contribution in [3.63, 3.8) is 0 Å². The topological polar surface area (TPSA) is 59.7 Å². The van der Waals surface area contributed by atoms with Gasteiger partial charge in [0, 0.05) is 33.0 Å². The number of aromatic nitrogens is 2. The molecular formula is C36H31ClN4O2S. The summed E-state index contributed by atoms with van der Waals surface area (Å²) in [6.07, 6.45) is 4.83. The molecule has 1 amide bonds. The van der Waals surface area contributed by atoms with Crippen LogP contribution in [0.1, 0.15) is 24.5 Å². The van der Waals surface area contributed by atoms with Crippen LogP contribution in [0.2, 0.25) is 5.02 Å². The first-order chi connectivity index (χ1) is 21.5. The van der Waals surface area contributed by atoms with Crippen LogP contribution in [0.5, 0.6) is 5.75 Å². The number of amides is 1. The lowest BCUT2D eigenvalue weighted by molar-refractivity contribution is -0.114. The Bertz CT molecular complexity index is 1830. The predicted molar refractivity (Wildman–Crippen MR) is 181 cm³/mol. The Morgan fingerprint density at radius 1 is 0.909 bits per heavy atom. The smallest absolute Gasteiger partial charge is 0.280 e. The van der Waals surface area contributed by atoms with Gasteiger partial charge in [0.05, 0.1) is 35.0 Å². The van der Waals surface area contributed by atoms with Gasteiger partial charge < -0.3 is 4.74 Å². The number of rotatable bonds is 10. The summed E-state index contributed by atoms with van der Waals surface area (Å²) in [6, 6.07) is 33.2. The monoisotopic (exact) mass is 618 g/mol. The Morgan fingerprint density at radius 3 is 2.30 bits per heavy atom. The van der Waals surface area contributed by atoms with E-state index >= 15 is 0 Å². The molecule has 44 heavy (non-hydrogen) atoms. The molecule has 1 aliphatic rings. The van der Waals surface area contributed by atoms with Gasteiger partial charge in [0.2, 0.25) is 0 Å². The van der Waals surface area contributed by atoms with Gasteiger partial charge >= 0.3 is 0 Å². The minimum atomic E-state index is -0.180. The molecule has 1 aromatic heterocycles. The van der Waals surface area contributed by atoms with Gasteiger partial charge in [-0.1, -0.05) is 54.9 Å². The molecule has 2 heterocycles. The van der Waals surface area contributed by atoms with Crippen LogP contribution < -0.4 is 9.75 Å². The molecular weight excluding hydrogens is 588 g/mol. The first kappa shape index (κ1) is 29.5. The molecule has 0 unspecified atom stereocenters. The van der Waals surface area contributed by atoms with E-state index in [1.54, 1.807) is 11.8 Å². The minimum absolute atomic E-state index is 0.180. The number of para-hydroxylation sites is 2. The third-order valence-corrected chi connectivity index (χ3v) is 8.39. The number of benzene rings is 4. The lowest BCUT2D eigenvalue weighted by Crippen LogP contribution is -2.21. The van der Waals surface area contributed by atoms with Crippen LogP contribution in [-0.4, -0.2) is 33.8 Å². The number of halogens is 1. The average Bonchev–Trinajstić information content (AvgIpc) is 3.62. The predicted octanol–water partition coefficient (Wildman–Crippen LogP) is 8.87. The van der Waals surface area contributed by atoms with E-state index in [0.29, 0.717) is 34.4 Å². The van der Waals surface area contributed by atoms with Crippen LogP contribution in [0.3, 0.4) is 0 Å². The van der Waals surface area contributed by atoms with Crippen LogP contribution in [0.25, 0.3) is 23.0 Å². The van der Waals surface area contributed by atoms with Gasteiger partial charge in [-0.25, -0.2) is 4.68 Å². The molecule has 6 rings (SSSR count). The van der Waals surface area contributed by atoms with E-state index in [0.717, 1.165) is 45.1 Å². The van der Waals surface area contributed by atoms with Gasteiger partial charge in [0.25, 0.3) is 5.91 Å². The maximum atomic E-state index is 14.0. The number of anilines is 1. The zero-order valence-corrected chi connectivity index (χ0v) is 26.1. The third-order valence-electron chi connectivity index (χ3n) is 7.12. The first-order valence-electron chi connectivity index (χ1n) is 14.5. The highest BCUT2D eigenvalue weighted by Gasteiger charge is 2.31. The van der Waals surface area contributed by atoms with Crippen LogP contribution in [0, 0.1) is 6.92 Å². The van der Waals surface area contributed by atoms with Crippen molar-refractivity contribution in [2.24, 2.45) is 5.10 Å². The van der Waals surface area contributed by atoms with Gasteiger partial charge in [-0.05, 0) is 91.7 Å². The molecule has 4 aromatic carbocycles. The number of thioether (sulfide) groups is 1. The zero-order chi connectivity index (χ0) is 30.5. The van der Waals surface area contributed by atoms with Gasteiger partial charge in [-0.15, -0.1) is 11.8 Å². The number of aryl methyl sites for hydroxylation is 1. The van der Waals surface area contributed by atoms with Gasteiger partial charge in [-0.3, -0.25) is 4.79 Å². The van der Waals surface area contributed by atoms with Gasteiger partial charge in [0.1, 0.15) is 5.75 Å². The van der Waals surface area contributed by atoms with Crippen LogP contribution in [0.15, 0.2) is 125 Å². The molecule has 6 nitrogen and oxygen atoms in total. The molecule has 0 radical (unpaired) electrons. The number of carbonyl (C=O) groups is 1. The van der Waals surface area contributed by atoms with E-state index in [4.69, 9.17) is 26.5 Å². The maximum absolute atomic E-state index is 14.0. The highest BCUT2D eigenvalue weighted by Crippen LogP contribution is 2.33. The normalized spacial score (nSPS) is 13.9. The third kappa shape index (κ3) is 6.49. The molecule has 0 aliphatic carbocycles. The van der Waals surface area contributed by atoms with Crippen molar-refractivity contribution in [3.8, 4) is 22.7 Å². The van der Waals surface area contributed by atoms with E-state index in [9.17, 15) is 4.79 Å². The Balaban J connectivity index is 1.43. The van der Waals surface area contributed by atoms with Crippen LogP contribution in [-0.2, 0) is 4.79 Å². The highest BCUT2D eigenvalue weighted by molar-refractivity contribution is 8.00. The van der Waals surface area contributed by atoms with Gasteiger partial charge in [0.15, 0.2) is 0 Å². The van der Waals surface area contributed by atoms with Crippen molar-refractivity contribution >= 4 is 46.7 Å². The summed E-state index contributed by atoms with van der Waals surface area (Å²) in [5.41, 5.74) is 6.41. The summed E-state index contributed by atoms with van der Waals surface area (Å²) in [7, 11) is 0. The summed E-state index contributed by atoms with van der Waals surface area (Å²) in [5, 5.41) is 12.0. The zero-order valence-electron chi connectivity index (χ0n) is 24.5. The molecule has 0 bridgehead atoms. The Morgan fingerprint density at radius 2 is 1.61 bits per heavy atom. The van der Waals surface area contributed by atoms with E-state index in [-0.39, 0.29) is 5.91 Å². The van der Waals surface area contributed by atoms with E-state index < -0.39 is 0 Å². The second-order valence-corrected chi connectivity index (χ2v) is 11.8. The highest BCUT2D eigenvalue weighted by atomic mass is 35.5. The summed E-state index contributed by atoms with van der Waals surface area (Å²) in [6.45, 7) is 4.79. The molecule has 5 aromatic rings. The molecule has 0 saturated heterocycles. The molecule has 0 N–H and O–H groups in total. The fraction of sp³-hybridized carbons (Fsp3) is 0.139. The van der Waals surface area contributed by atoms with Crippen molar-refractivity contribution in [3.05, 3.63) is 131 Å². The lowest BCUT2D eigenvalue weighted by Gasteiger charge is -2.11. The fourth-order valence-electron chi connectivity index (χ4n) is 4.89. The van der Waals surface area contributed by atoms with Crippen LogP contribution >= 0.6 is 23.4 Å². The maximum Gasteiger partial charge on any atom is 0.280 e. The Labute approximate surface area is 266 Å². The molecule has 8 heteroatoms. The fourth-order valence-corrected chi connectivity index (χ4v) is 5.86. The summed E-state index contributed by atoms with van der Waals surface area (Å²) in [5.74, 6) is 1.18. The molecule has 0 fully saturated rings. The van der Waals surface area contributed by atoms with Crippen molar-refractivity contribution in [2.45, 2.75) is 25.2 Å². The second kappa shape index (κ2) is 13.4. The number of ether oxygens (including phenoxy) is 1. The summed E-state index contributed by atoms with van der Waals surface area (Å²) < 4.78 is 7.78. The number of hydrogen-bond donors (Lipinski definition) is 0. The number of carbonyl (C=O) groups excluding carboxylic acids is 1. The van der Waals surface area contributed by atoms with E-state index in [2.05, 4.69) is 13.0 Å². The number of hydrazone groups is 1. The summed E-state index contributed by atoms with van der Waals surface area (Å²) >= 11 is 7.71. The number of nitrogens with zero attached hydrogens (tertiary/aromatic N) is 4. The SMILES string of the molecule is CCCOc1ccc(-c2nn(-c3ccccc3)cc2/C=C2\C(=O)N(c3ccccc3)N=C2CSc2ccc(Cl)cc2)cc1C. The molecule has 0 atom stereocenters. The molecule has 0 spiro atoms. The van der Waals surface area contributed by atoms with Crippen molar-refractivity contribution in [2.75, 3.05) is 17.4 Å². The largest absolute Gasteiger partial charge is 0.493 e. The van der Waals surface area contributed by atoms with Crippen molar-refractivity contribution in [1.82, 2.24) is 9.78 Å². The standard InChI is InChI=1S/C36H31ClN4O2S/c1-3-20-43-34-19-14-26(21-25(34)2)35-27(23-40(39-35)29-10-6-4-7-11-29)22-32-33(24-44-31-17-15-28(37)16-18-31)38-41(36(32)42)30-12-8-5-9-13-30/h4-19,21-23H,3,20,24H2,1-2H3/b32-22-. The minimum Gasteiger partial charge on any atom is -0.493 e. The summed E-state index contributed by atoms with van der Waals surface area (Å²) in [4.78, 5) is 15.0. The molecule has 220 valence electrons. The molecule has 0 saturated carbocycles. The quantitative estimate of drug-likeness (QED) is 0.116. The van der Waals surface area contributed by atoms with E-state index in [1.165, 1.54) is 5.01 Å². The average molecular weight is 619 g/mol. The van der Waals surface area contributed by atoms with Crippen LogP contribution in [0.4, 0.5) is 5.69 Å². The Hall–Kier alpha value is -4.59. The van der Waals surface area contributed by atoms with E-state index in [1.807, 2.05) is 121 Å².